The van der Waals surface area contributed by atoms with Gasteiger partial charge < -0.3 is 4.74 Å². The molecule has 0 fully saturated rings. The van der Waals surface area contributed by atoms with Crippen LogP contribution in [-0.4, -0.2) is 42.5 Å². The van der Waals surface area contributed by atoms with Crippen molar-refractivity contribution >= 4 is 23.9 Å². The topological polar surface area (TPSA) is 88.1 Å². The molecule has 0 spiro atoms. The molecule has 1 aliphatic heterocycles. The molecule has 3 rings (SSSR count). The van der Waals surface area contributed by atoms with Gasteiger partial charge in [0.1, 0.15) is 12.3 Å². The Balaban J connectivity index is 1.61. The Morgan fingerprint density at radius 1 is 1.12 bits per heavy atom. The summed E-state index contributed by atoms with van der Waals surface area (Å²) in [4.78, 5) is 37.2. The van der Waals surface area contributed by atoms with Crippen LogP contribution in [0.1, 0.15) is 26.3 Å². The molecule has 0 bridgehead atoms. The lowest BCUT2D eigenvalue weighted by Crippen LogP contribution is -2.38. The van der Waals surface area contributed by atoms with Crippen molar-refractivity contribution in [1.82, 2.24) is 10.3 Å². The van der Waals surface area contributed by atoms with Gasteiger partial charge in [0, 0.05) is 0 Å². The van der Waals surface area contributed by atoms with Gasteiger partial charge in [0.15, 0.2) is 0 Å². The third-order valence-corrected chi connectivity index (χ3v) is 3.68. The van der Waals surface area contributed by atoms with Gasteiger partial charge in [0.05, 0.1) is 24.5 Å². The Bertz CT molecular complexity index is 841. The van der Waals surface area contributed by atoms with Crippen LogP contribution in [0.15, 0.2) is 53.6 Å². The maximum absolute atomic E-state index is 12.2. The highest BCUT2D eigenvalue weighted by Gasteiger charge is 2.36. The second-order valence-electron chi connectivity index (χ2n) is 5.31. The Labute approximate surface area is 143 Å². The zero-order valence-electron chi connectivity index (χ0n) is 13.4. The van der Waals surface area contributed by atoms with E-state index in [1.54, 1.807) is 55.6 Å². The van der Waals surface area contributed by atoms with Gasteiger partial charge in [-0.25, -0.2) is 5.43 Å². The zero-order valence-corrected chi connectivity index (χ0v) is 13.4. The molecule has 1 heterocycles. The average Bonchev–Trinajstić information content (AvgIpc) is 2.87. The smallest absolute Gasteiger partial charge is 0.262 e. The lowest BCUT2D eigenvalue weighted by molar-refractivity contribution is -0.121. The van der Waals surface area contributed by atoms with E-state index in [2.05, 4.69) is 10.5 Å². The molecule has 0 atom stereocenters. The third kappa shape index (κ3) is 3.40. The molecule has 0 aliphatic carbocycles. The predicted octanol–water partition coefficient (Wildman–Crippen LogP) is 1.44. The summed E-state index contributed by atoms with van der Waals surface area (Å²) in [5, 5.41) is 3.83. The first-order valence-corrected chi connectivity index (χ1v) is 7.51. The number of hydrogen-bond acceptors (Lipinski definition) is 5. The van der Waals surface area contributed by atoms with E-state index >= 15 is 0 Å². The number of fused-ring (bicyclic) bond motifs is 1. The molecule has 0 saturated heterocycles. The molecular formula is C18H15N3O4. The molecule has 2 aromatic carbocycles. The maximum atomic E-state index is 12.2. The molecule has 1 aliphatic rings. The van der Waals surface area contributed by atoms with Gasteiger partial charge >= 0.3 is 0 Å². The lowest BCUT2D eigenvalue weighted by Gasteiger charge is -2.11. The molecule has 1 N–H and O–H groups in total. The summed E-state index contributed by atoms with van der Waals surface area (Å²) in [6.07, 6.45) is 1.45. The summed E-state index contributed by atoms with van der Waals surface area (Å²) >= 11 is 0. The summed E-state index contributed by atoms with van der Waals surface area (Å²) < 4.78 is 5.09. The van der Waals surface area contributed by atoms with Crippen LogP contribution >= 0.6 is 0 Å². The van der Waals surface area contributed by atoms with Gasteiger partial charge in [-0.15, -0.1) is 0 Å². The lowest BCUT2D eigenvalue weighted by atomic mass is 10.1. The fourth-order valence-corrected chi connectivity index (χ4v) is 2.46. The van der Waals surface area contributed by atoms with E-state index in [-0.39, 0.29) is 6.54 Å². The number of carbonyl (C=O) groups is 3. The molecule has 3 amide bonds. The molecule has 7 nitrogen and oxygen atoms in total. The standard InChI is InChI=1S/C18H15N3O4/c1-25-13-6-4-5-12(9-13)10-19-20-16(22)11-21-17(23)14-7-2-3-8-15(14)18(21)24/h2-10H,11H2,1H3,(H,20,22)/b19-10+. The van der Waals surface area contributed by atoms with E-state index in [0.29, 0.717) is 16.9 Å². The van der Waals surface area contributed by atoms with Crippen LogP contribution in [0.5, 0.6) is 5.75 Å². The zero-order chi connectivity index (χ0) is 17.8. The van der Waals surface area contributed by atoms with Crippen molar-refractivity contribution in [2.24, 2.45) is 5.10 Å². The number of nitrogens with one attached hydrogen (secondary N) is 1. The number of hydrogen-bond donors (Lipinski definition) is 1. The van der Waals surface area contributed by atoms with Crippen molar-refractivity contribution in [2.75, 3.05) is 13.7 Å². The van der Waals surface area contributed by atoms with E-state index in [1.165, 1.54) is 6.21 Å². The first-order chi connectivity index (χ1) is 12.1. The average molecular weight is 337 g/mol. The number of amides is 3. The molecule has 0 saturated carbocycles. The Morgan fingerprint density at radius 2 is 1.80 bits per heavy atom. The van der Waals surface area contributed by atoms with Crippen molar-refractivity contribution in [1.29, 1.82) is 0 Å². The van der Waals surface area contributed by atoms with E-state index < -0.39 is 17.7 Å². The number of benzene rings is 2. The van der Waals surface area contributed by atoms with E-state index in [0.717, 1.165) is 10.5 Å². The van der Waals surface area contributed by atoms with Crippen molar-refractivity contribution in [3.8, 4) is 5.75 Å². The normalized spacial score (nSPS) is 13.2. The number of carbonyl (C=O) groups excluding carboxylic acids is 3. The minimum absolute atomic E-state index is 0.306. The number of imide groups is 1. The van der Waals surface area contributed by atoms with Crippen molar-refractivity contribution in [3.05, 3.63) is 65.2 Å². The Hall–Kier alpha value is -3.48. The van der Waals surface area contributed by atoms with Crippen molar-refractivity contribution < 1.29 is 19.1 Å². The first kappa shape index (κ1) is 16.4. The maximum Gasteiger partial charge on any atom is 0.262 e. The SMILES string of the molecule is COc1cccc(/C=N/NC(=O)CN2C(=O)c3ccccc3C2=O)c1. The summed E-state index contributed by atoms with van der Waals surface area (Å²) in [5.74, 6) is -0.852. The number of rotatable bonds is 5. The van der Waals surface area contributed by atoms with Crippen molar-refractivity contribution in [3.63, 3.8) is 0 Å². The largest absolute Gasteiger partial charge is 0.497 e. The molecular weight excluding hydrogens is 322 g/mol. The van der Waals surface area contributed by atoms with Crippen LogP contribution in [0.4, 0.5) is 0 Å². The van der Waals surface area contributed by atoms with Crippen LogP contribution in [0.3, 0.4) is 0 Å². The molecule has 0 aromatic heterocycles. The fourth-order valence-electron chi connectivity index (χ4n) is 2.46. The fraction of sp³-hybridized carbons (Fsp3) is 0.111. The van der Waals surface area contributed by atoms with Gasteiger partial charge in [0.2, 0.25) is 0 Å². The molecule has 0 unspecified atom stereocenters. The second kappa shape index (κ2) is 6.96. The van der Waals surface area contributed by atoms with Crippen LogP contribution in [-0.2, 0) is 4.79 Å². The molecule has 0 radical (unpaired) electrons. The molecule has 126 valence electrons. The van der Waals surface area contributed by atoms with E-state index in [4.69, 9.17) is 4.74 Å². The molecule has 2 aromatic rings. The Morgan fingerprint density at radius 3 is 2.44 bits per heavy atom. The van der Waals surface area contributed by atoms with Crippen LogP contribution < -0.4 is 10.2 Å². The first-order valence-electron chi connectivity index (χ1n) is 7.51. The highest BCUT2D eigenvalue weighted by Crippen LogP contribution is 2.21. The van der Waals surface area contributed by atoms with E-state index in [1.807, 2.05) is 0 Å². The Kier molecular flexibility index (Phi) is 4.56. The summed E-state index contributed by atoms with van der Waals surface area (Å²) in [6, 6.07) is 13.6. The highest BCUT2D eigenvalue weighted by atomic mass is 16.5. The number of ether oxygens (including phenoxy) is 1. The highest BCUT2D eigenvalue weighted by molar-refractivity contribution is 6.22. The van der Waals surface area contributed by atoms with Gasteiger partial charge in [-0.1, -0.05) is 24.3 Å². The van der Waals surface area contributed by atoms with Gasteiger partial charge in [-0.05, 0) is 29.8 Å². The van der Waals surface area contributed by atoms with Gasteiger partial charge in [0.25, 0.3) is 17.7 Å². The van der Waals surface area contributed by atoms with Crippen LogP contribution in [0.25, 0.3) is 0 Å². The number of methoxy groups -OCH3 is 1. The number of hydrazone groups is 1. The molecule has 7 heteroatoms. The quantitative estimate of drug-likeness (QED) is 0.508. The second-order valence-corrected chi connectivity index (χ2v) is 5.31. The van der Waals surface area contributed by atoms with Gasteiger partial charge in [-0.2, -0.15) is 5.10 Å². The summed E-state index contributed by atoms with van der Waals surface area (Å²) in [7, 11) is 1.56. The van der Waals surface area contributed by atoms with Crippen molar-refractivity contribution in [2.45, 2.75) is 0 Å². The monoisotopic (exact) mass is 337 g/mol. The minimum Gasteiger partial charge on any atom is -0.497 e. The van der Waals surface area contributed by atoms with Crippen LogP contribution in [0.2, 0.25) is 0 Å². The number of nitrogens with zero attached hydrogens (tertiary/aromatic N) is 2. The summed E-state index contributed by atoms with van der Waals surface area (Å²) in [6.45, 7) is -0.387. The van der Waals surface area contributed by atoms with E-state index in [9.17, 15) is 14.4 Å². The third-order valence-electron chi connectivity index (χ3n) is 3.68. The predicted molar refractivity (Wildman–Crippen MR) is 90.5 cm³/mol. The molecule has 25 heavy (non-hydrogen) atoms. The van der Waals surface area contributed by atoms with Gasteiger partial charge in [-0.3, -0.25) is 19.3 Å². The minimum atomic E-state index is -0.561. The summed E-state index contributed by atoms with van der Waals surface area (Å²) in [5.41, 5.74) is 3.65. The van der Waals surface area contributed by atoms with Crippen LogP contribution in [0, 0.1) is 0 Å².